The molecular weight excluding hydrogens is 458 g/mol. The second-order valence-electron chi connectivity index (χ2n) is 10.3. The molecule has 6 heterocycles. The molecule has 2 fully saturated rings. The fourth-order valence-electron chi connectivity index (χ4n) is 5.80. The summed E-state index contributed by atoms with van der Waals surface area (Å²) in [6.07, 6.45) is 5.81. The Bertz CT molecular complexity index is 1280. The number of hydrogen-bond donors (Lipinski definition) is 3. The van der Waals surface area contributed by atoms with Gasteiger partial charge in [0.15, 0.2) is 17.0 Å². The van der Waals surface area contributed by atoms with Gasteiger partial charge in [-0.05, 0) is 44.7 Å². The number of carbonyl (C=O) groups excluding carboxylic acids is 1. The molecule has 0 aliphatic carbocycles. The third kappa shape index (κ3) is 3.96. The highest BCUT2D eigenvalue weighted by Gasteiger charge is 2.47. The van der Waals surface area contributed by atoms with Crippen molar-refractivity contribution in [2.24, 2.45) is 11.1 Å². The van der Waals surface area contributed by atoms with Crippen LogP contribution in [0.1, 0.15) is 44.5 Å². The molecule has 0 saturated carbocycles. The Hall–Kier alpha value is -3.31. The number of piperidine rings is 1. The molecule has 36 heavy (non-hydrogen) atoms. The Kier molecular flexibility index (Phi) is 5.76. The molecule has 3 aromatic rings. The molecule has 11 nitrogen and oxygen atoms in total. The minimum atomic E-state index is -0.0631. The Morgan fingerprint density at radius 2 is 2.11 bits per heavy atom. The standard InChI is InChI=1S/C25H33N9O2/c1-15-22(26)25(14-36-15)7-10-33(11-8-25)20-13-28-21-23(30-20)31-32-24(21)34-9-3-4-18-19(34)6-5-17(29-18)12-27-16(2)35/h5-6,13,15,22H,3-4,7-12,14,26H2,1-2H3,(H,27,35)(H,30,31,32)/t15-,22+/m0/s1. The van der Waals surface area contributed by atoms with E-state index in [0.717, 1.165) is 86.2 Å². The molecular formula is C25H33N9O2. The smallest absolute Gasteiger partial charge is 0.217 e. The Balaban J connectivity index is 1.21. The number of pyridine rings is 1. The van der Waals surface area contributed by atoms with Crippen LogP contribution in [-0.2, 0) is 22.5 Å². The second-order valence-corrected chi connectivity index (χ2v) is 10.3. The summed E-state index contributed by atoms with van der Waals surface area (Å²) in [5.41, 5.74) is 10.9. The van der Waals surface area contributed by atoms with Crippen molar-refractivity contribution in [3.63, 3.8) is 0 Å². The van der Waals surface area contributed by atoms with E-state index in [1.165, 1.54) is 6.92 Å². The van der Waals surface area contributed by atoms with Gasteiger partial charge in [0.2, 0.25) is 5.91 Å². The van der Waals surface area contributed by atoms with E-state index >= 15 is 0 Å². The van der Waals surface area contributed by atoms with Gasteiger partial charge in [-0.3, -0.25) is 14.9 Å². The van der Waals surface area contributed by atoms with Crippen molar-refractivity contribution in [1.82, 2.24) is 30.5 Å². The lowest BCUT2D eigenvalue weighted by Gasteiger charge is -2.41. The number of ether oxygens (including phenoxy) is 1. The van der Waals surface area contributed by atoms with E-state index in [-0.39, 0.29) is 23.5 Å². The van der Waals surface area contributed by atoms with Gasteiger partial charge in [-0.15, -0.1) is 0 Å². The maximum Gasteiger partial charge on any atom is 0.217 e. The van der Waals surface area contributed by atoms with E-state index in [4.69, 9.17) is 25.4 Å². The van der Waals surface area contributed by atoms with Gasteiger partial charge in [0.25, 0.3) is 0 Å². The number of nitrogens with two attached hydrogens (primary N) is 1. The summed E-state index contributed by atoms with van der Waals surface area (Å²) in [4.78, 5) is 30.2. The number of nitrogens with one attached hydrogen (secondary N) is 2. The molecule has 3 aromatic heterocycles. The van der Waals surface area contributed by atoms with Crippen molar-refractivity contribution in [1.29, 1.82) is 0 Å². The number of anilines is 3. The lowest BCUT2D eigenvalue weighted by molar-refractivity contribution is -0.119. The number of H-pyrrole nitrogens is 1. The normalized spacial score (nSPS) is 23.3. The van der Waals surface area contributed by atoms with E-state index in [1.54, 1.807) is 0 Å². The van der Waals surface area contributed by atoms with Crippen molar-refractivity contribution in [2.45, 2.75) is 58.2 Å². The molecule has 2 atom stereocenters. The first-order chi connectivity index (χ1) is 17.4. The van der Waals surface area contributed by atoms with Crippen molar-refractivity contribution < 1.29 is 9.53 Å². The Morgan fingerprint density at radius 1 is 1.28 bits per heavy atom. The van der Waals surface area contributed by atoms with Crippen molar-refractivity contribution in [2.75, 3.05) is 36.0 Å². The molecule has 3 aliphatic heterocycles. The third-order valence-electron chi connectivity index (χ3n) is 8.04. The number of carbonyl (C=O) groups is 1. The molecule has 0 aromatic carbocycles. The van der Waals surface area contributed by atoms with Gasteiger partial charge in [0.05, 0.1) is 42.5 Å². The van der Waals surface area contributed by atoms with Crippen LogP contribution >= 0.6 is 0 Å². The van der Waals surface area contributed by atoms with Gasteiger partial charge in [-0.1, -0.05) is 0 Å². The number of fused-ring (bicyclic) bond motifs is 2. The fourth-order valence-corrected chi connectivity index (χ4v) is 5.80. The average molecular weight is 492 g/mol. The highest BCUT2D eigenvalue weighted by molar-refractivity contribution is 5.87. The van der Waals surface area contributed by atoms with E-state index in [2.05, 4.69) is 38.3 Å². The monoisotopic (exact) mass is 491 g/mol. The van der Waals surface area contributed by atoms with Gasteiger partial charge in [0, 0.05) is 38.0 Å². The van der Waals surface area contributed by atoms with E-state index in [1.807, 2.05) is 12.3 Å². The zero-order chi connectivity index (χ0) is 24.9. The summed E-state index contributed by atoms with van der Waals surface area (Å²) >= 11 is 0. The maximum absolute atomic E-state index is 11.3. The van der Waals surface area contributed by atoms with Crippen LogP contribution in [0.4, 0.5) is 17.3 Å². The van der Waals surface area contributed by atoms with Gasteiger partial charge >= 0.3 is 0 Å². The van der Waals surface area contributed by atoms with Crippen LogP contribution in [0.2, 0.25) is 0 Å². The highest BCUT2D eigenvalue weighted by Crippen LogP contribution is 2.42. The number of aromatic nitrogens is 5. The molecule has 4 N–H and O–H groups in total. The van der Waals surface area contributed by atoms with Crippen molar-refractivity contribution in [3.05, 3.63) is 29.7 Å². The summed E-state index contributed by atoms with van der Waals surface area (Å²) < 4.78 is 5.86. The zero-order valence-electron chi connectivity index (χ0n) is 20.8. The minimum Gasteiger partial charge on any atom is -0.376 e. The molecule has 0 bridgehead atoms. The number of nitrogens with zero attached hydrogens (tertiary/aromatic N) is 6. The fraction of sp³-hybridized carbons (Fsp3) is 0.560. The van der Waals surface area contributed by atoms with Gasteiger partial charge in [0.1, 0.15) is 5.82 Å². The third-order valence-corrected chi connectivity index (χ3v) is 8.04. The molecule has 2 saturated heterocycles. The van der Waals surface area contributed by atoms with E-state index in [9.17, 15) is 4.79 Å². The molecule has 1 amide bonds. The number of aromatic amines is 1. The van der Waals surface area contributed by atoms with Crippen LogP contribution in [0.15, 0.2) is 18.3 Å². The predicted molar refractivity (Wildman–Crippen MR) is 136 cm³/mol. The number of amides is 1. The highest BCUT2D eigenvalue weighted by atomic mass is 16.5. The minimum absolute atomic E-state index is 0.0631. The largest absolute Gasteiger partial charge is 0.376 e. The van der Waals surface area contributed by atoms with Crippen LogP contribution in [-0.4, -0.2) is 69.4 Å². The summed E-state index contributed by atoms with van der Waals surface area (Å²) in [7, 11) is 0. The molecule has 1 spiro atoms. The summed E-state index contributed by atoms with van der Waals surface area (Å²) in [5.74, 6) is 1.56. The lowest BCUT2D eigenvalue weighted by atomic mass is 9.73. The number of rotatable bonds is 4. The van der Waals surface area contributed by atoms with Crippen LogP contribution in [0, 0.1) is 5.41 Å². The van der Waals surface area contributed by atoms with Gasteiger partial charge in [-0.25, -0.2) is 9.97 Å². The zero-order valence-corrected chi connectivity index (χ0v) is 20.8. The summed E-state index contributed by atoms with van der Waals surface area (Å²) in [5, 5.41) is 10.5. The van der Waals surface area contributed by atoms with Gasteiger partial charge < -0.3 is 25.6 Å². The average Bonchev–Trinajstić information content (AvgIpc) is 3.44. The van der Waals surface area contributed by atoms with Crippen LogP contribution in [0.25, 0.3) is 11.2 Å². The Labute approximate surface area is 209 Å². The first kappa shape index (κ1) is 23.1. The summed E-state index contributed by atoms with van der Waals surface area (Å²) in [6, 6.07) is 4.10. The quantitative estimate of drug-likeness (QED) is 0.499. The number of aryl methyl sites for hydroxylation is 1. The van der Waals surface area contributed by atoms with Crippen LogP contribution < -0.4 is 20.9 Å². The molecule has 6 rings (SSSR count). The molecule has 11 heteroatoms. The summed E-state index contributed by atoms with van der Waals surface area (Å²) in [6.45, 7) is 7.36. The SMILES string of the molecule is CC(=O)NCc1ccc2c(n1)CCCN2c1n[nH]c2nc(N3CCC4(CC3)CO[C@@H](C)[C@H]4N)cnc12. The van der Waals surface area contributed by atoms with E-state index in [0.29, 0.717) is 12.2 Å². The first-order valence-electron chi connectivity index (χ1n) is 12.8. The van der Waals surface area contributed by atoms with Gasteiger partial charge in [-0.2, -0.15) is 5.10 Å². The van der Waals surface area contributed by atoms with Crippen molar-refractivity contribution in [3.8, 4) is 0 Å². The predicted octanol–water partition coefficient (Wildman–Crippen LogP) is 1.80. The molecule has 3 aliphatic rings. The number of hydrogen-bond acceptors (Lipinski definition) is 9. The van der Waals surface area contributed by atoms with Crippen LogP contribution in [0.5, 0.6) is 0 Å². The van der Waals surface area contributed by atoms with Crippen molar-refractivity contribution >= 4 is 34.4 Å². The maximum atomic E-state index is 11.3. The molecule has 190 valence electrons. The lowest BCUT2D eigenvalue weighted by Crippen LogP contribution is -2.50. The first-order valence-corrected chi connectivity index (χ1v) is 12.8. The second kappa shape index (κ2) is 8.97. The van der Waals surface area contributed by atoms with E-state index < -0.39 is 0 Å². The Morgan fingerprint density at radius 3 is 2.86 bits per heavy atom. The molecule has 0 unspecified atom stereocenters. The molecule has 0 radical (unpaired) electrons. The van der Waals surface area contributed by atoms with Crippen LogP contribution in [0.3, 0.4) is 0 Å². The topological polar surface area (TPSA) is 138 Å².